The second-order valence-electron chi connectivity index (χ2n) is 2.80. The van der Waals surface area contributed by atoms with E-state index in [1.807, 2.05) is 6.07 Å². The van der Waals surface area contributed by atoms with Gasteiger partial charge in [0.2, 0.25) is 0 Å². The van der Waals surface area contributed by atoms with Crippen LogP contribution >= 0.6 is 0 Å². The summed E-state index contributed by atoms with van der Waals surface area (Å²) >= 11 is 0. The van der Waals surface area contributed by atoms with Crippen molar-refractivity contribution in [3.05, 3.63) is 29.3 Å². The Morgan fingerprint density at radius 1 is 1.60 bits per heavy atom. The number of nitriles is 1. The first-order chi connectivity index (χ1) is 7.10. The lowest BCUT2D eigenvalue weighted by Crippen LogP contribution is -2.13. The van der Waals surface area contributed by atoms with Crippen LogP contribution in [-0.2, 0) is 4.79 Å². The maximum atomic E-state index is 10.5. The quantitative estimate of drug-likeness (QED) is 0.408. The summed E-state index contributed by atoms with van der Waals surface area (Å²) in [5.74, 6) is 3.78. The van der Waals surface area contributed by atoms with Gasteiger partial charge >= 0.3 is 5.97 Å². The van der Waals surface area contributed by atoms with Crippen molar-refractivity contribution in [2.24, 2.45) is 5.84 Å². The monoisotopic (exact) mass is 207 g/mol. The zero-order chi connectivity index (χ0) is 11.4. The van der Waals surface area contributed by atoms with E-state index >= 15 is 0 Å². The summed E-state index contributed by atoms with van der Waals surface area (Å²) in [5.41, 5.74) is 2.97. The first-order valence-corrected chi connectivity index (χ1v) is 4.01. The number of hydrogen-bond acceptors (Lipinski definition) is 5. The Morgan fingerprint density at radius 2 is 2.27 bits per heavy atom. The molecule has 0 bridgehead atoms. The molecule has 0 radical (unpaired) electrons. The van der Waals surface area contributed by atoms with Gasteiger partial charge < -0.3 is 15.6 Å². The van der Waals surface area contributed by atoms with Gasteiger partial charge in [-0.3, -0.25) is 5.84 Å². The second kappa shape index (κ2) is 4.41. The van der Waals surface area contributed by atoms with Crippen LogP contribution in [0.4, 0.5) is 5.69 Å². The fourth-order valence-electron chi connectivity index (χ4n) is 1.09. The molecule has 0 saturated carbocycles. The fraction of sp³-hybridized carbons (Fsp3) is 0.111. The second-order valence-corrected chi connectivity index (χ2v) is 2.80. The summed E-state index contributed by atoms with van der Waals surface area (Å²) in [6, 6.07) is 5.93. The molecule has 78 valence electrons. The summed E-state index contributed by atoms with van der Waals surface area (Å²) < 4.78 is 0. The first kappa shape index (κ1) is 11.0. The normalized spacial score (nSPS) is 11.5. The predicted octanol–water partition coefficient (Wildman–Crippen LogP) is -0.0381. The van der Waals surface area contributed by atoms with Gasteiger partial charge in [0.15, 0.2) is 6.10 Å². The van der Waals surface area contributed by atoms with Crippen LogP contribution in [-0.4, -0.2) is 16.2 Å². The summed E-state index contributed by atoms with van der Waals surface area (Å²) in [4.78, 5) is 10.5. The van der Waals surface area contributed by atoms with Gasteiger partial charge in [0.1, 0.15) is 6.07 Å². The van der Waals surface area contributed by atoms with E-state index in [-0.39, 0.29) is 16.8 Å². The van der Waals surface area contributed by atoms with E-state index in [1.165, 1.54) is 18.2 Å². The summed E-state index contributed by atoms with van der Waals surface area (Å²) in [6.07, 6.45) is -1.62. The van der Waals surface area contributed by atoms with E-state index in [0.29, 0.717) is 0 Å². The number of benzene rings is 1. The molecular formula is C9H9N3O3. The van der Waals surface area contributed by atoms with E-state index < -0.39 is 12.1 Å². The van der Waals surface area contributed by atoms with Crippen molar-refractivity contribution in [3.63, 3.8) is 0 Å². The van der Waals surface area contributed by atoms with Gasteiger partial charge in [-0.05, 0) is 17.7 Å². The molecule has 0 amide bonds. The standard InChI is InChI=1S/C9H9N3O3/c10-4-6-2-1-5(3-7(6)12-11)8(13)9(14)15/h1-3,8,12-13H,11H2,(H,14,15). The number of anilines is 1. The number of aliphatic hydroxyl groups excluding tert-OH is 1. The summed E-state index contributed by atoms with van der Waals surface area (Å²) in [5, 5.41) is 26.5. The zero-order valence-electron chi connectivity index (χ0n) is 7.64. The Bertz CT molecular complexity index is 425. The lowest BCUT2D eigenvalue weighted by Gasteiger charge is -2.09. The molecule has 1 aromatic rings. The molecular weight excluding hydrogens is 198 g/mol. The minimum Gasteiger partial charge on any atom is -0.479 e. The van der Waals surface area contributed by atoms with Crippen molar-refractivity contribution in [1.82, 2.24) is 0 Å². The number of carbonyl (C=O) groups is 1. The molecule has 0 spiro atoms. The molecule has 5 N–H and O–H groups in total. The van der Waals surface area contributed by atoms with Crippen molar-refractivity contribution in [2.75, 3.05) is 5.43 Å². The number of hydrazine groups is 1. The number of carboxylic acid groups (broad SMARTS) is 1. The van der Waals surface area contributed by atoms with Gasteiger partial charge in [0, 0.05) is 0 Å². The van der Waals surface area contributed by atoms with E-state index in [1.54, 1.807) is 0 Å². The van der Waals surface area contributed by atoms with Crippen LogP contribution < -0.4 is 11.3 Å². The van der Waals surface area contributed by atoms with Crippen molar-refractivity contribution in [2.45, 2.75) is 6.10 Å². The first-order valence-electron chi connectivity index (χ1n) is 4.01. The molecule has 1 unspecified atom stereocenters. The van der Waals surface area contributed by atoms with E-state index in [4.69, 9.17) is 16.2 Å². The average Bonchev–Trinajstić information content (AvgIpc) is 2.26. The molecule has 0 aliphatic heterocycles. The zero-order valence-corrected chi connectivity index (χ0v) is 7.64. The molecule has 1 atom stereocenters. The molecule has 0 aromatic heterocycles. The van der Waals surface area contributed by atoms with Crippen LogP contribution in [0.2, 0.25) is 0 Å². The van der Waals surface area contributed by atoms with Crippen LogP contribution in [0, 0.1) is 11.3 Å². The maximum Gasteiger partial charge on any atom is 0.337 e. The fourth-order valence-corrected chi connectivity index (χ4v) is 1.09. The number of hydrogen-bond donors (Lipinski definition) is 4. The third-order valence-corrected chi connectivity index (χ3v) is 1.87. The minimum atomic E-state index is -1.62. The molecule has 0 fully saturated rings. The Hall–Kier alpha value is -2.10. The number of rotatable bonds is 3. The lowest BCUT2D eigenvalue weighted by atomic mass is 10.1. The van der Waals surface area contributed by atoms with Crippen LogP contribution in [0.3, 0.4) is 0 Å². The number of carboxylic acids is 1. The number of aliphatic hydroxyl groups is 1. The summed E-state index contributed by atoms with van der Waals surface area (Å²) in [6.45, 7) is 0. The Kier molecular flexibility index (Phi) is 3.23. The van der Waals surface area contributed by atoms with Crippen LogP contribution in [0.5, 0.6) is 0 Å². The van der Waals surface area contributed by atoms with Crippen molar-refractivity contribution >= 4 is 11.7 Å². The molecule has 0 aliphatic carbocycles. The highest BCUT2D eigenvalue weighted by molar-refractivity contribution is 5.75. The number of nitrogen functional groups attached to an aromatic ring is 1. The summed E-state index contributed by atoms with van der Waals surface area (Å²) in [7, 11) is 0. The van der Waals surface area contributed by atoms with Crippen LogP contribution in [0.25, 0.3) is 0 Å². The third kappa shape index (κ3) is 2.22. The topological polar surface area (TPSA) is 119 Å². The molecule has 1 aromatic carbocycles. The average molecular weight is 207 g/mol. The van der Waals surface area contributed by atoms with E-state index in [2.05, 4.69) is 5.43 Å². The van der Waals surface area contributed by atoms with Crippen LogP contribution in [0.1, 0.15) is 17.2 Å². The predicted molar refractivity (Wildman–Crippen MR) is 51.6 cm³/mol. The number of aliphatic carboxylic acids is 1. The number of nitrogens with two attached hydrogens (primary N) is 1. The van der Waals surface area contributed by atoms with Gasteiger partial charge in [0.25, 0.3) is 0 Å². The van der Waals surface area contributed by atoms with Gasteiger partial charge in [-0.25, -0.2) is 4.79 Å². The molecule has 1 rings (SSSR count). The number of nitrogens with one attached hydrogen (secondary N) is 1. The van der Waals surface area contributed by atoms with Gasteiger partial charge in [-0.15, -0.1) is 0 Å². The highest BCUT2D eigenvalue weighted by Crippen LogP contribution is 2.20. The van der Waals surface area contributed by atoms with E-state index in [0.717, 1.165) is 0 Å². The SMILES string of the molecule is N#Cc1ccc(C(O)C(=O)O)cc1NN. The largest absolute Gasteiger partial charge is 0.479 e. The van der Waals surface area contributed by atoms with Crippen molar-refractivity contribution in [1.29, 1.82) is 5.26 Å². The smallest absolute Gasteiger partial charge is 0.337 e. The molecule has 0 aliphatic rings. The molecule has 15 heavy (non-hydrogen) atoms. The Balaban J connectivity index is 3.15. The molecule has 6 nitrogen and oxygen atoms in total. The molecule has 0 saturated heterocycles. The van der Waals surface area contributed by atoms with Crippen molar-refractivity contribution < 1.29 is 15.0 Å². The highest BCUT2D eigenvalue weighted by Gasteiger charge is 2.16. The minimum absolute atomic E-state index is 0.162. The van der Waals surface area contributed by atoms with E-state index in [9.17, 15) is 9.90 Å². The van der Waals surface area contributed by atoms with Crippen LogP contribution in [0.15, 0.2) is 18.2 Å². The van der Waals surface area contributed by atoms with Gasteiger partial charge in [-0.1, -0.05) is 6.07 Å². The lowest BCUT2D eigenvalue weighted by molar-refractivity contribution is -0.146. The number of nitrogens with zero attached hydrogens (tertiary/aromatic N) is 1. The highest BCUT2D eigenvalue weighted by atomic mass is 16.4. The Labute approximate surface area is 85.5 Å². The third-order valence-electron chi connectivity index (χ3n) is 1.87. The Morgan fingerprint density at radius 3 is 2.73 bits per heavy atom. The van der Waals surface area contributed by atoms with Gasteiger partial charge in [-0.2, -0.15) is 5.26 Å². The maximum absolute atomic E-state index is 10.5. The van der Waals surface area contributed by atoms with Crippen molar-refractivity contribution in [3.8, 4) is 6.07 Å². The van der Waals surface area contributed by atoms with Gasteiger partial charge in [0.05, 0.1) is 11.3 Å². The molecule has 6 heteroatoms. The molecule has 0 heterocycles.